The van der Waals surface area contributed by atoms with Crippen LogP contribution in [0.4, 0.5) is 0 Å². The van der Waals surface area contributed by atoms with Crippen molar-refractivity contribution in [3.8, 4) is 11.5 Å². The molecule has 0 bridgehead atoms. The lowest BCUT2D eigenvalue weighted by atomic mass is 9.82. The predicted molar refractivity (Wildman–Crippen MR) is 98.7 cm³/mol. The van der Waals surface area contributed by atoms with Crippen LogP contribution in [-0.4, -0.2) is 48.2 Å². The Hall–Kier alpha value is -2.24. The first-order valence-corrected chi connectivity index (χ1v) is 9.08. The molecule has 26 heavy (non-hydrogen) atoms. The summed E-state index contributed by atoms with van der Waals surface area (Å²) in [6.07, 6.45) is 0.470. The molecule has 0 radical (unpaired) electrons. The van der Waals surface area contributed by atoms with Crippen LogP contribution in [-0.2, 0) is 15.0 Å². The third-order valence-corrected chi connectivity index (χ3v) is 5.08. The highest BCUT2D eigenvalue weighted by molar-refractivity contribution is 5.89. The van der Waals surface area contributed by atoms with Gasteiger partial charge in [0.15, 0.2) is 11.5 Å². The average Bonchev–Trinajstić information content (AvgIpc) is 2.99. The summed E-state index contributed by atoms with van der Waals surface area (Å²) >= 11 is 0. The van der Waals surface area contributed by atoms with Crippen LogP contribution in [0.15, 0.2) is 18.2 Å². The Bertz CT molecular complexity index is 685. The van der Waals surface area contributed by atoms with E-state index in [4.69, 9.17) is 9.47 Å². The molecule has 0 aliphatic carbocycles. The van der Waals surface area contributed by atoms with Crippen molar-refractivity contribution in [1.82, 2.24) is 4.90 Å². The molecule has 144 valence electrons. The van der Waals surface area contributed by atoms with Crippen LogP contribution in [0.25, 0.3) is 0 Å². The summed E-state index contributed by atoms with van der Waals surface area (Å²) in [6.45, 7) is 10.9. The second kappa shape index (κ2) is 7.56. The number of ether oxygens (including phenoxy) is 2. The third-order valence-electron chi connectivity index (χ3n) is 5.08. The number of likely N-dealkylation sites (tertiary alicyclic amines) is 1. The first kappa shape index (κ1) is 20.1. The minimum Gasteiger partial charge on any atom is -0.490 e. The number of rotatable bonds is 7. The van der Waals surface area contributed by atoms with Gasteiger partial charge in [-0.3, -0.25) is 9.59 Å². The number of amides is 1. The maximum absolute atomic E-state index is 13.1. The number of carboxylic acid groups (broad SMARTS) is 1. The van der Waals surface area contributed by atoms with Gasteiger partial charge in [0.25, 0.3) is 0 Å². The van der Waals surface area contributed by atoms with E-state index in [-0.39, 0.29) is 12.5 Å². The van der Waals surface area contributed by atoms with Crippen molar-refractivity contribution in [3.05, 3.63) is 23.8 Å². The fourth-order valence-corrected chi connectivity index (χ4v) is 3.27. The maximum atomic E-state index is 13.1. The Morgan fingerprint density at radius 2 is 1.81 bits per heavy atom. The number of benzene rings is 1. The van der Waals surface area contributed by atoms with Crippen molar-refractivity contribution >= 4 is 11.9 Å². The quantitative estimate of drug-likeness (QED) is 0.806. The number of hydrogen-bond donors (Lipinski definition) is 1. The van der Waals surface area contributed by atoms with E-state index in [0.717, 1.165) is 5.56 Å². The van der Waals surface area contributed by atoms with Crippen molar-refractivity contribution in [3.63, 3.8) is 0 Å². The summed E-state index contributed by atoms with van der Waals surface area (Å²) in [7, 11) is 0. The maximum Gasteiger partial charge on any atom is 0.311 e. The van der Waals surface area contributed by atoms with Gasteiger partial charge in [-0.2, -0.15) is 0 Å². The van der Waals surface area contributed by atoms with E-state index >= 15 is 0 Å². The second-order valence-corrected chi connectivity index (χ2v) is 7.50. The van der Waals surface area contributed by atoms with Crippen molar-refractivity contribution in [2.24, 2.45) is 5.41 Å². The molecule has 1 heterocycles. The van der Waals surface area contributed by atoms with Crippen molar-refractivity contribution < 1.29 is 24.2 Å². The molecule has 1 N–H and O–H groups in total. The van der Waals surface area contributed by atoms with Gasteiger partial charge in [-0.15, -0.1) is 0 Å². The molecule has 6 heteroatoms. The van der Waals surface area contributed by atoms with Gasteiger partial charge in [-0.25, -0.2) is 0 Å². The first-order chi connectivity index (χ1) is 12.2. The zero-order valence-corrected chi connectivity index (χ0v) is 16.3. The molecule has 1 amide bonds. The molecule has 1 aromatic rings. The minimum absolute atomic E-state index is 0.0749. The zero-order valence-electron chi connectivity index (χ0n) is 16.3. The fourth-order valence-electron chi connectivity index (χ4n) is 3.27. The second-order valence-electron chi connectivity index (χ2n) is 7.50. The van der Waals surface area contributed by atoms with Crippen LogP contribution in [0.1, 0.15) is 46.6 Å². The Morgan fingerprint density at radius 3 is 2.35 bits per heavy atom. The number of hydrogen-bond acceptors (Lipinski definition) is 4. The smallest absolute Gasteiger partial charge is 0.311 e. The molecular formula is C20H29NO5. The molecule has 1 aromatic carbocycles. The molecule has 1 aliphatic heterocycles. The normalized spacial score (nSPS) is 20.1. The van der Waals surface area contributed by atoms with Crippen LogP contribution in [0, 0.1) is 5.41 Å². The summed E-state index contributed by atoms with van der Waals surface area (Å²) in [6, 6.07) is 5.54. The average molecular weight is 363 g/mol. The van der Waals surface area contributed by atoms with E-state index in [9.17, 15) is 14.7 Å². The van der Waals surface area contributed by atoms with Gasteiger partial charge >= 0.3 is 5.97 Å². The highest BCUT2D eigenvalue weighted by Gasteiger charge is 2.45. The van der Waals surface area contributed by atoms with Gasteiger partial charge in [0.05, 0.1) is 24.0 Å². The highest BCUT2D eigenvalue weighted by Crippen LogP contribution is 2.37. The number of carbonyl (C=O) groups is 2. The summed E-state index contributed by atoms with van der Waals surface area (Å²) < 4.78 is 11.3. The molecule has 1 aliphatic rings. The molecule has 0 saturated carbocycles. The molecule has 2 rings (SSSR count). The zero-order chi connectivity index (χ0) is 19.5. The monoisotopic (exact) mass is 363 g/mol. The highest BCUT2D eigenvalue weighted by atomic mass is 16.5. The van der Waals surface area contributed by atoms with Crippen LogP contribution < -0.4 is 9.47 Å². The lowest BCUT2D eigenvalue weighted by Crippen LogP contribution is -2.44. The van der Waals surface area contributed by atoms with E-state index < -0.39 is 16.8 Å². The topological polar surface area (TPSA) is 76.1 Å². The Balaban J connectivity index is 2.27. The first-order valence-electron chi connectivity index (χ1n) is 9.08. The summed E-state index contributed by atoms with van der Waals surface area (Å²) in [5, 5.41) is 9.40. The van der Waals surface area contributed by atoms with Crippen LogP contribution >= 0.6 is 0 Å². The summed E-state index contributed by atoms with van der Waals surface area (Å²) in [4.78, 5) is 26.2. The fraction of sp³-hybridized carbons (Fsp3) is 0.600. The summed E-state index contributed by atoms with van der Waals surface area (Å²) in [5.41, 5.74) is -0.847. The van der Waals surface area contributed by atoms with Gasteiger partial charge in [0, 0.05) is 13.1 Å². The number of aliphatic carboxylic acids is 1. The molecule has 1 fully saturated rings. The molecule has 1 saturated heterocycles. The van der Waals surface area contributed by atoms with E-state index in [1.807, 2.05) is 45.9 Å². The van der Waals surface area contributed by atoms with E-state index in [1.54, 1.807) is 11.8 Å². The van der Waals surface area contributed by atoms with Gasteiger partial charge < -0.3 is 19.5 Å². The molecule has 0 spiro atoms. The number of nitrogens with zero attached hydrogens (tertiary/aromatic N) is 1. The lowest BCUT2D eigenvalue weighted by molar-refractivity contribution is -0.147. The minimum atomic E-state index is -0.874. The SMILES string of the molecule is CCOc1ccc(C(C)(C)C(=O)N2CCC(C)(C(=O)O)C2)cc1OCC. The molecule has 1 atom stereocenters. The van der Waals surface area contributed by atoms with Crippen molar-refractivity contribution in [1.29, 1.82) is 0 Å². The standard InChI is InChI=1S/C20H29NO5/c1-6-25-15-9-8-14(12-16(15)26-7-2)19(3,4)17(22)21-11-10-20(5,13-21)18(23)24/h8-9,12H,6-7,10-11,13H2,1-5H3,(H,23,24). The van der Waals surface area contributed by atoms with Gasteiger partial charge in [-0.1, -0.05) is 6.07 Å². The molecule has 0 aromatic heterocycles. The summed E-state index contributed by atoms with van der Waals surface area (Å²) in [5.74, 6) is 0.338. The van der Waals surface area contributed by atoms with Gasteiger partial charge in [0.2, 0.25) is 5.91 Å². The van der Waals surface area contributed by atoms with E-state index in [1.165, 1.54) is 0 Å². The Kier molecular flexibility index (Phi) is 5.84. The molecule has 1 unspecified atom stereocenters. The predicted octanol–water partition coefficient (Wildman–Crippen LogP) is 3.08. The molecular weight excluding hydrogens is 334 g/mol. The Labute approximate surface area is 155 Å². The van der Waals surface area contributed by atoms with Gasteiger partial charge in [-0.05, 0) is 58.7 Å². The van der Waals surface area contributed by atoms with E-state index in [2.05, 4.69) is 0 Å². The molecule has 6 nitrogen and oxygen atoms in total. The van der Waals surface area contributed by atoms with Gasteiger partial charge in [0.1, 0.15) is 0 Å². The number of carbonyl (C=O) groups excluding carboxylic acids is 1. The third kappa shape index (κ3) is 3.79. The Morgan fingerprint density at radius 1 is 1.19 bits per heavy atom. The van der Waals surface area contributed by atoms with Crippen LogP contribution in [0.3, 0.4) is 0 Å². The largest absolute Gasteiger partial charge is 0.490 e. The van der Waals surface area contributed by atoms with Crippen molar-refractivity contribution in [2.75, 3.05) is 26.3 Å². The number of carboxylic acids is 1. The van der Waals surface area contributed by atoms with E-state index in [0.29, 0.717) is 37.7 Å². The lowest BCUT2D eigenvalue weighted by Gasteiger charge is -2.31. The van der Waals surface area contributed by atoms with Crippen LogP contribution in [0.5, 0.6) is 11.5 Å². The van der Waals surface area contributed by atoms with Crippen LogP contribution in [0.2, 0.25) is 0 Å². The van der Waals surface area contributed by atoms with Crippen molar-refractivity contribution in [2.45, 2.75) is 46.5 Å².